The molecule has 0 radical (unpaired) electrons. The minimum absolute atomic E-state index is 0.769. The van der Waals surface area contributed by atoms with Gasteiger partial charge in [0.1, 0.15) is 0 Å². The highest BCUT2D eigenvalue weighted by atomic mass is 14.9. The summed E-state index contributed by atoms with van der Waals surface area (Å²) in [6.07, 6.45) is 0. The zero-order valence-corrected chi connectivity index (χ0v) is 7.02. The zero-order valence-electron chi connectivity index (χ0n) is 7.02. The van der Waals surface area contributed by atoms with Crippen molar-refractivity contribution >= 4 is 5.71 Å². The second-order valence-electron chi connectivity index (χ2n) is 2.12. The maximum absolute atomic E-state index is 5.56. The smallest absolute Gasteiger partial charge is 0.0736 e. The molecular formula is C7H15N3. The van der Waals surface area contributed by atoms with Gasteiger partial charge >= 0.3 is 0 Å². The van der Waals surface area contributed by atoms with E-state index < -0.39 is 0 Å². The van der Waals surface area contributed by atoms with Crippen LogP contribution in [0.5, 0.6) is 0 Å². The topological polar surface area (TPSA) is 50.4 Å². The van der Waals surface area contributed by atoms with Gasteiger partial charge in [-0.1, -0.05) is 0 Å². The van der Waals surface area contributed by atoms with Crippen LogP contribution in [0, 0.1) is 0 Å². The summed E-state index contributed by atoms with van der Waals surface area (Å²) in [4.78, 5) is 4.00. The van der Waals surface area contributed by atoms with Crippen LogP contribution < -0.4 is 11.1 Å². The van der Waals surface area contributed by atoms with Crippen LogP contribution in [0.4, 0.5) is 0 Å². The predicted molar refractivity (Wildman–Crippen MR) is 45.0 cm³/mol. The second kappa shape index (κ2) is 3.93. The molecule has 0 fully saturated rings. The number of rotatable bonds is 2. The average Bonchev–Trinajstić information content (AvgIpc) is 1.88. The molecule has 0 aromatic carbocycles. The maximum Gasteiger partial charge on any atom is 0.0736 e. The fourth-order valence-corrected chi connectivity index (χ4v) is 0.775. The number of nitrogens with one attached hydrogen (secondary N) is 1. The lowest BCUT2D eigenvalue weighted by atomic mass is 10.2. The maximum atomic E-state index is 5.56. The number of nitrogens with two attached hydrogens (primary N) is 1. The Kier molecular flexibility index (Phi) is 3.54. The van der Waals surface area contributed by atoms with Crippen LogP contribution in [0.3, 0.4) is 0 Å². The Balaban J connectivity index is 4.54. The highest BCUT2D eigenvalue weighted by Crippen LogP contribution is 1.95. The normalized spacial score (nSPS) is 14.6. The molecule has 3 N–H and O–H groups in total. The lowest BCUT2D eigenvalue weighted by Gasteiger charge is -2.06. The first-order valence-electron chi connectivity index (χ1n) is 3.21. The lowest BCUT2D eigenvalue weighted by Crippen LogP contribution is -2.18. The molecule has 58 valence electrons. The van der Waals surface area contributed by atoms with Gasteiger partial charge in [-0.3, -0.25) is 4.99 Å². The molecular weight excluding hydrogens is 126 g/mol. The Morgan fingerprint density at radius 3 is 2.00 bits per heavy atom. The molecule has 0 aromatic heterocycles. The first-order valence-corrected chi connectivity index (χ1v) is 3.21. The minimum atomic E-state index is 0.769. The van der Waals surface area contributed by atoms with E-state index >= 15 is 0 Å². The standard InChI is InChI=1S/C7H15N3/c1-5(8)7(10-4)6(2)9-3/h10H,8H2,1-4H3. The lowest BCUT2D eigenvalue weighted by molar-refractivity contribution is 1.00. The molecule has 10 heavy (non-hydrogen) atoms. The van der Waals surface area contributed by atoms with Crippen LogP contribution in [-0.2, 0) is 0 Å². The Bertz CT molecular complexity index is 157. The summed E-state index contributed by atoms with van der Waals surface area (Å²) in [6, 6.07) is 0. The summed E-state index contributed by atoms with van der Waals surface area (Å²) >= 11 is 0. The van der Waals surface area contributed by atoms with Gasteiger partial charge in [0.05, 0.1) is 11.4 Å². The van der Waals surface area contributed by atoms with Crippen LogP contribution in [0.15, 0.2) is 16.4 Å². The molecule has 0 aliphatic rings. The van der Waals surface area contributed by atoms with E-state index in [0.717, 1.165) is 17.1 Å². The van der Waals surface area contributed by atoms with Crippen LogP contribution in [0.1, 0.15) is 13.8 Å². The van der Waals surface area contributed by atoms with Crippen molar-refractivity contribution in [2.24, 2.45) is 10.7 Å². The van der Waals surface area contributed by atoms with Gasteiger partial charge in [-0.15, -0.1) is 0 Å². The number of hydrogen-bond acceptors (Lipinski definition) is 3. The predicted octanol–water partition coefficient (Wildman–Crippen LogP) is 0.487. The van der Waals surface area contributed by atoms with Gasteiger partial charge in [-0.2, -0.15) is 0 Å². The van der Waals surface area contributed by atoms with Gasteiger partial charge in [0.2, 0.25) is 0 Å². The molecule has 0 bridgehead atoms. The summed E-state index contributed by atoms with van der Waals surface area (Å²) in [5.74, 6) is 0. The molecule has 0 amide bonds. The molecule has 3 nitrogen and oxygen atoms in total. The molecule has 0 saturated heterocycles. The van der Waals surface area contributed by atoms with Gasteiger partial charge in [-0.05, 0) is 13.8 Å². The van der Waals surface area contributed by atoms with Gasteiger partial charge < -0.3 is 11.1 Å². The molecule has 0 rings (SSSR count). The van der Waals surface area contributed by atoms with Crippen molar-refractivity contribution in [3.63, 3.8) is 0 Å². The Morgan fingerprint density at radius 1 is 1.40 bits per heavy atom. The number of nitrogens with zero attached hydrogens (tertiary/aromatic N) is 1. The van der Waals surface area contributed by atoms with Crippen molar-refractivity contribution < 1.29 is 0 Å². The quantitative estimate of drug-likeness (QED) is 0.550. The van der Waals surface area contributed by atoms with Crippen LogP contribution in [0.25, 0.3) is 0 Å². The average molecular weight is 141 g/mol. The van der Waals surface area contributed by atoms with Crippen LogP contribution >= 0.6 is 0 Å². The first-order chi connectivity index (χ1) is 4.63. The van der Waals surface area contributed by atoms with E-state index in [1.165, 1.54) is 0 Å². The Morgan fingerprint density at radius 2 is 1.90 bits per heavy atom. The highest BCUT2D eigenvalue weighted by Gasteiger charge is 1.98. The molecule has 0 aromatic rings. The van der Waals surface area contributed by atoms with Crippen molar-refractivity contribution in [1.29, 1.82) is 0 Å². The van der Waals surface area contributed by atoms with Crippen molar-refractivity contribution in [3.8, 4) is 0 Å². The second-order valence-corrected chi connectivity index (χ2v) is 2.12. The molecule has 0 unspecified atom stereocenters. The van der Waals surface area contributed by atoms with E-state index in [2.05, 4.69) is 10.3 Å². The van der Waals surface area contributed by atoms with E-state index in [0.29, 0.717) is 0 Å². The zero-order chi connectivity index (χ0) is 8.15. The minimum Gasteiger partial charge on any atom is -0.401 e. The van der Waals surface area contributed by atoms with Gasteiger partial charge in [-0.25, -0.2) is 0 Å². The van der Waals surface area contributed by atoms with E-state index in [4.69, 9.17) is 5.73 Å². The van der Waals surface area contributed by atoms with E-state index in [1.54, 1.807) is 7.05 Å². The van der Waals surface area contributed by atoms with Gasteiger partial charge in [0.25, 0.3) is 0 Å². The van der Waals surface area contributed by atoms with Gasteiger partial charge in [0, 0.05) is 19.8 Å². The number of aliphatic imine (C=N–C) groups is 1. The van der Waals surface area contributed by atoms with Crippen molar-refractivity contribution in [2.75, 3.05) is 14.1 Å². The summed E-state index contributed by atoms with van der Waals surface area (Å²) < 4.78 is 0. The summed E-state index contributed by atoms with van der Waals surface area (Å²) in [7, 11) is 3.58. The SMILES string of the molecule is CN=C(C)C(NC)=C(C)N. The Labute approximate surface area is 62.0 Å². The summed E-state index contributed by atoms with van der Waals surface area (Å²) in [5, 5.41) is 2.98. The third-order valence-electron chi connectivity index (χ3n) is 1.34. The largest absolute Gasteiger partial charge is 0.401 e. The Hall–Kier alpha value is -0.990. The number of hydrogen-bond donors (Lipinski definition) is 2. The van der Waals surface area contributed by atoms with E-state index in [1.807, 2.05) is 20.9 Å². The molecule has 0 saturated carbocycles. The van der Waals surface area contributed by atoms with Crippen molar-refractivity contribution in [2.45, 2.75) is 13.8 Å². The highest BCUT2D eigenvalue weighted by molar-refractivity contribution is 5.97. The summed E-state index contributed by atoms with van der Waals surface area (Å²) in [5.41, 5.74) is 8.18. The molecule has 3 heteroatoms. The van der Waals surface area contributed by atoms with Crippen LogP contribution in [0.2, 0.25) is 0 Å². The van der Waals surface area contributed by atoms with Crippen molar-refractivity contribution in [1.82, 2.24) is 5.32 Å². The number of allylic oxidation sites excluding steroid dienone is 2. The molecule has 0 spiro atoms. The van der Waals surface area contributed by atoms with E-state index in [9.17, 15) is 0 Å². The van der Waals surface area contributed by atoms with E-state index in [-0.39, 0.29) is 0 Å². The molecule has 0 heterocycles. The fourth-order valence-electron chi connectivity index (χ4n) is 0.775. The monoisotopic (exact) mass is 141 g/mol. The molecule has 0 atom stereocenters. The third-order valence-corrected chi connectivity index (χ3v) is 1.34. The first kappa shape index (κ1) is 9.01. The van der Waals surface area contributed by atoms with Crippen LogP contribution in [-0.4, -0.2) is 19.8 Å². The molecule has 0 aliphatic heterocycles. The summed E-state index contributed by atoms with van der Waals surface area (Å²) in [6.45, 7) is 3.77. The molecule has 0 aliphatic carbocycles. The van der Waals surface area contributed by atoms with Crippen molar-refractivity contribution in [3.05, 3.63) is 11.4 Å². The third kappa shape index (κ3) is 2.09. The van der Waals surface area contributed by atoms with Gasteiger partial charge in [0.15, 0.2) is 0 Å². The fraction of sp³-hybridized carbons (Fsp3) is 0.571.